The summed E-state index contributed by atoms with van der Waals surface area (Å²) in [5.41, 5.74) is 6.13. The van der Waals surface area contributed by atoms with Crippen molar-refractivity contribution in [3.05, 3.63) is 71.9 Å². The van der Waals surface area contributed by atoms with Crippen molar-refractivity contribution < 1.29 is 22.7 Å². The Morgan fingerprint density at radius 1 is 1.09 bits per heavy atom. The molecule has 1 aliphatic heterocycles. The number of para-hydroxylation sites is 1. The summed E-state index contributed by atoms with van der Waals surface area (Å²) >= 11 is 0. The Hall–Kier alpha value is -3.30. The highest BCUT2D eigenvalue weighted by Gasteiger charge is 2.49. The van der Waals surface area contributed by atoms with E-state index in [1.54, 1.807) is 42.6 Å². The van der Waals surface area contributed by atoms with Crippen molar-refractivity contribution in [3.8, 4) is 0 Å². The highest BCUT2D eigenvalue weighted by atomic mass is 32.2. The van der Waals surface area contributed by atoms with Gasteiger partial charge in [0.2, 0.25) is 15.6 Å². The van der Waals surface area contributed by atoms with E-state index in [1.165, 1.54) is 10.4 Å². The first-order valence-corrected chi connectivity index (χ1v) is 12.7. The van der Waals surface area contributed by atoms with Crippen LogP contribution in [-0.2, 0) is 36.4 Å². The Kier molecular flexibility index (Phi) is 5.61. The Morgan fingerprint density at radius 3 is 2.71 bits per heavy atom. The van der Waals surface area contributed by atoms with Crippen molar-refractivity contribution in [2.24, 2.45) is 11.7 Å². The number of fused-ring (bicyclic) bond motifs is 2. The lowest BCUT2D eigenvalue weighted by atomic mass is 9.93. The van der Waals surface area contributed by atoms with Gasteiger partial charge in [-0.3, -0.25) is 14.6 Å². The fourth-order valence-corrected chi connectivity index (χ4v) is 6.71. The van der Waals surface area contributed by atoms with Crippen LogP contribution in [-0.4, -0.2) is 42.7 Å². The number of rotatable bonds is 5. The van der Waals surface area contributed by atoms with Crippen LogP contribution in [0.4, 0.5) is 0 Å². The maximum Gasteiger partial charge on any atom is 0.311 e. The molecule has 0 bridgehead atoms. The summed E-state index contributed by atoms with van der Waals surface area (Å²) in [7, 11) is -3.89. The SMILES string of the molecule is NC(=O)C1(OC(=O)C2CCCN(S(=O)(=O)c3cccc4cccnc34)C2)CCc2ccccc21. The minimum Gasteiger partial charge on any atom is -0.444 e. The van der Waals surface area contributed by atoms with Crippen LogP contribution in [0, 0.1) is 5.92 Å². The summed E-state index contributed by atoms with van der Waals surface area (Å²) in [6.45, 7) is 0.264. The van der Waals surface area contributed by atoms with Gasteiger partial charge < -0.3 is 10.5 Å². The van der Waals surface area contributed by atoms with E-state index in [-0.39, 0.29) is 17.9 Å². The number of ether oxygens (including phenoxy) is 1. The Balaban J connectivity index is 1.40. The molecule has 8 nitrogen and oxygen atoms in total. The summed E-state index contributed by atoms with van der Waals surface area (Å²) < 4.78 is 34.1. The molecule has 2 N–H and O–H groups in total. The number of esters is 1. The standard InChI is InChI=1S/C25H25N3O5S/c26-24(30)25(13-12-17-6-1-2-10-20(17)25)33-23(29)19-9-5-15-28(16-19)34(31,32)21-11-3-7-18-8-4-14-27-22(18)21/h1-4,6-8,10-11,14,19H,5,9,12-13,15-16H2,(H2,26,30). The van der Waals surface area contributed by atoms with Gasteiger partial charge in [-0.25, -0.2) is 8.42 Å². The number of primary amides is 1. The molecule has 1 aliphatic carbocycles. The number of carbonyl (C=O) groups excluding carboxylic acids is 2. The van der Waals surface area contributed by atoms with Gasteiger partial charge in [0, 0.05) is 36.7 Å². The Labute approximate surface area is 197 Å². The molecule has 0 saturated carbocycles. The summed E-state index contributed by atoms with van der Waals surface area (Å²) in [5, 5.41) is 0.722. The smallest absolute Gasteiger partial charge is 0.311 e. The Morgan fingerprint density at radius 2 is 1.88 bits per heavy atom. The Bertz CT molecular complexity index is 1380. The third-order valence-electron chi connectivity index (χ3n) is 6.80. The van der Waals surface area contributed by atoms with Crippen molar-refractivity contribution in [1.29, 1.82) is 0 Å². The molecule has 5 rings (SSSR count). The minimum atomic E-state index is -3.89. The van der Waals surface area contributed by atoms with Crippen molar-refractivity contribution in [1.82, 2.24) is 9.29 Å². The molecule has 0 spiro atoms. The van der Waals surface area contributed by atoms with Crippen molar-refractivity contribution in [2.75, 3.05) is 13.1 Å². The van der Waals surface area contributed by atoms with Crippen LogP contribution in [0.25, 0.3) is 10.9 Å². The number of carbonyl (C=O) groups is 2. The molecule has 176 valence electrons. The minimum absolute atomic E-state index is 0.0269. The predicted molar refractivity (Wildman–Crippen MR) is 125 cm³/mol. The first kappa shape index (κ1) is 22.5. The van der Waals surface area contributed by atoms with E-state index in [9.17, 15) is 18.0 Å². The zero-order valence-electron chi connectivity index (χ0n) is 18.5. The molecule has 9 heteroatoms. The molecule has 0 radical (unpaired) electrons. The largest absolute Gasteiger partial charge is 0.444 e. The molecule has 2 unspecified atom stereocenters. The van der Waals surface area contributed by atoms with Crippen LogP contribution < -0.4 is 5.73 Å². The maximum atomic E-state index is 13.5. The number of pyridine rings is 1. The van der Waals surface area contributed by atoms with Gasteiger partial charge in [-0.1, -0.05) is 42.5 Å². The number of hydrogen-bond acceptors (Lipinski definition) is 6. The number of benzene rings is 2. The second kappa shape index (κ2) is 8.48. The van der Waals surface area contributed by atoms with Crippen LogP contribution in [0.3, 0.4) is 0 Å². The van der Waals surface area contributed by atoms with Crippen LogP contribution in [0.1, 0.15) is 30.4 Å². The van der Waals surface area contributed by atoms with Crippen LogP contribution in [0.2, 0.25) is 0 Å². The first-order valence-electron chi connectivity index (χ1n) is 11.3. The summed E-state index contributed by atoms with van der Waals surface area (Å²) in [5.74, 6) is -2.02. The molecule has 1 aromatic heterocycles. The van der Waals surface area contributed by atoms with E-state index in [4.69, 9.17) is 10.5 Å². The number of aromatic nitrogens is 1. The third kappa shape index (κ3) is 3.65. The van der Waals surface area contributed by atoms with E-state index in [0.717, 1.165) is 10.9 Å². The molecule has 2 aromatic carbocycles. The maximum absolute atomic E-state index is 13.5. The monoisotopic (exact) mass is 479 g/mol. The number of piperidine rings is 1. The van der Waals surface area contributed by atoms with Crippen LogP contribution in [0.5, 0.6) is 0 Å². The van der Waals surface area contributed by atoms with Gasteiger partial charge in [-0.2, -0.15) is 4.31 Å². The van der Waals surface area contributed by atoms with Gasteiger partial charge in [0.1, 0.15) is 4.90 Å². The molecule has 1 fully saturated rings. The number of hydrogen-bond donors (Lipinski definition) is 1. The van der Waals surface area contributed by atoms with E-state index < -0.39 is 33.4 Å². The second-order valence-corrected chi connectivity index (χ2v) is 10.7. The summed E-state index contributed by atoms with van der Waals surface area (Å²) in [6.07, 6.45) is 3.38. The highest BCUT2D eigenvalue weighted by Crippen LogP contribution is 2.41. The van der Waals surface area contributed by atoms with Gasteiger partial charge in [-0.15, -0.1) is 0 Å². The zero-order chi connectivity index (χ0) is 23.9. The molecule has 2 heterocycles. The van der Waals surface area contributed by atoms with Crippen molar-refractivity contribution in [3.63, 3.8) is 0 Å². The van der Waals surface area contributed by atoms with Crippen molar-refractivity contribution in [2.45, 2.75) is 36.2 Å². The molecular weight excluding hydrogens is 454 g/mol. The topological polar surface area (TPSA) is 120 Å². The third-order valence-corrected chi connectivity index (χ3v) is 8.70. The summed E-state index contributed by atoms with van der Waals surface area (Å²) in [4.78, 5) is 30.1. The average Bonchev–Trinajstić information content (AvgIpc) is 3.23. The van der Waals surface area contributed by atoms with Crippen LogP contribution >= 0.6 is 0 Å². The molecule has 2 aliphatic rings. The van der Waals surface area contributed by atoms with E-state index in [2.05, 4.69) is 4.98 Å². The van der Waals surface area contributed by atoms with E-state index >= 15 is 0 Å². The number of nitrogens with zero attached hydrogens (tertiary/aromatic N) is 2. The molecule has 3 aromatic rings. The average molecular weight is 480 g/mol. The van der Waals surface area contributed by atoms with Crippen molar-refractivity contribution >= 4 is 32.8 Å². The molecule has 1 saturated heterocycles. The number of sulfonamides is 1. The quantitative estimate of drug-likeness (QED) is 0.562. The lowest BCUT2D eigenvalue weighted by Crippen LogP contribution is -2.48. The molecular formula is C25H25N3O5S. The van der Waals surface area contributed by atoms with Gasteiger partial charge >= 0.3 is 5.97 Å². The van der Waals surface area contributed by atoms with E-state index in [0.29, 0.717) is 36.9 Å². The van der Waals surface area contributed by atoms with Gasteiger partial charge in [0.15, 0.2) is 0 Å². The number of aryl methyl sites for hydroxylation is 1. The predicted octanol–water partition coefficient (Wildman–Crippen LogP) is 2.51. The lowest BCUT2D eigenvalue weighted by Gasteiger charge is -2.34. The highest BCUT2D eigenvalue weighted by molar-refractivity contribution is 7.89. The van der Waals surface area contributed by atoms with E-state index in [1.807, 2.05) is 12.1 Å². The zero-order valence-corrected chi connectivity index (χ0v) is 19.3. The number of amides is 1. The van der Waals surface area contributed by atoms with Crippen LogP contribution in [0.15, 0.2) is 65.7 Å². The molecule has 1 amide bonds. The molecule has 34 heavy (non-hydrogen) atoms. The van der Waals surface area contributed by atoms with Gasteiger partial charge in [0.25, 0.3) is 5.91 Å². The van der Waals surface area contributed by atoms with Gasteiger partial charge in [-0.05, 0) is 37.0 Å². The number of nitrogens with two attached hydrogens (primary N) is 1. The fraction of sp³-hybridized carbons (Fsp3) is 0.320. The molecule has 2 atom stereocenters. The normalized spacial score (nSPS) is 22.9. The lowest BCUT2D eigenvalue weighted by molar-refractivity contribution is -0.173. The second-order valence-electron chi connectivity index (χ2n) is 8.80. The van der Waals surface area contributed by atoms with Gasteiger partial charge in [0.05, 0.1) is 11.4 Å². The first-order chi connectivity index (χ1) is 16.3. The summed E-state index contributed by atoms with van der Waals surface area (Å²) in [6, 6.07) is 15.9. The fourth-order valence-electron chi connectivity index (χ4n) is 5.02.